The van der Waals surface area contributed by atoms with Crippen molar-refractivity contribution in [2.45, 2.75) is 6.92 Å². The van der Waals surface area contributed by atoms with Crippen molar-refractivity contribution in [3.63, 3.8) is 0 Å². The highest BCUT2D eigenvalue weighted by molar-refractivity contribution is 6.06. The maximum absolute atomic E-state index is 13.5. The molecule has 2 aromatic carbocycles. The molecule has 0 bridgehead atoms. The Kier molecular flexibility index (Phi) is 4.16. The van der Waals surface area contributed by atoms with E-state index in [9.17, 15) is 9.18 Å². The van der Waals surface area contributed by atoms with Crippen molar-refractivity contribution in [1.82, 2.24) is 0 Å². The van der Waals surface area contributed by atoms with Crippen LogP contribution in [0.3, 0.4) is 0 Å². The monoisotopic (exact) mass is 284 g/mol. The number of rotatable bonds is 3. The van der Waals surface area contributed by atoms with Crippen LogP contribution in [0.25, 0.3) is 0 Å². The molecule has 0 heterocycles. The zero-order valence-electron chi connectivity index (χ0n) is 11.3. The van der Waals surface area contributed by atoms with Crippen molar-refractivity contribution in [2.24, 2.45) is 5.84 Å². The third-order valence-electron chi connectivity index (χ3n) is 3.01. The molecular weight excluding hydrogens is 271 g/mol. The van der Waals surface area contributed by atoms with Gasteiger partial charge in [0.2, 0.25) is 0 Å². The maximum Gasteiger partial charge on any atom is 0.255 e. The molecule has 0 aliphatic heterocycles. The predicted molar refractivity (Wildman–Crippen MR) is 78.1 cm³/mol. The number of halogens is 1. The Morgan fingerprint density at radius 1 is 1.33 bits per heavy atom. The molecule has 0 atom stereocenters. The predicted octanol–water partition coefficient (Wildman–Crippen LogP) is 2.54. The fourth-order valence-electron chi connectivity index (χ4n) is 1.94. The van der Waals surface area contributed by atoms with Crippen molar-refractivity contribution in [3.8, 4) is 6.07 Å². The van der Waals surface area contributed by atoms with Gasteiger partial charge in [0.1, 0.15) is 17.4 Å². The van der Waals surface area contributed by atoms with Crippen LogP contribution >= 0.6 is 0 Å². The van der Waals surface area contributed by atoms with Crippen LogP contribution in [0.5, 0.6) is 0 Å². The molecule has 0 aliphatic rings. The average Bonchev–Trinajstić information content (AvgIpc) is 2.47. The van der Waals surface area contributed by atoms with E-state index in [0.717, 1.165) is 0 Å². The normalized spacial score (nSPS) is 9.81. The molecule has 4 N–H and O–H groups in total. The molecule has 0 aliphatic carbocycles. The molecule has 0 radical (unpaired) electrons. The number of nitrogens with two attached hydrogens (primary N) is 1. The van der Waals surface area contributed by atoms with E-state index in [1.165, 1.54) is 18.2 Å². The summed E-state index contributed by atoms with van der Waals surface area (Å²) in [6.07, 6.45) is 0. The van der Waals surface area contributed by atoms with Gasteiger partial charge in [-0.25, -0.2) is 4.39 Å². The SMILES string of the molecule is Cc1cc(NN)ccc1C(=O)Nc1cccc(F)c1C#N. The Hall–Kier alpha value is -2.91. The second kappa shape index (κ2) is 6.03. The first-order valence-corrected chi connectivity index (χ1v) is 6.14. The molecule has 5 nitrogen and oxygen atoms in total. The van der Waals surface area contributed by atoms with Crippen molar-refractivity contribution in [2.75, 3.05) is 10.7 Å². The molecule has 6 heteroatoms. The van der Waals surface area contributed by atoms with Crippen LogP contribution in [0.15, 0.2) is 36.4 Å². The van der Waals surface area contributed by atoms with Gasteiger partial charge in [0.05, 0.1) is 5.69 Å². The molecule has 0 spiro atoms. The van der Waals surface area contributed by atoms with Crippen LogP contribution < -0.4 is 16.6 Å². The van der Waals surface area contributed by atoms with E-state index in [1.807, 2.05) is 0 Å². The largest absolute Gasteiger partial charge is 0.324 e. The zero-order valence-corrected chi connectivity index (χ0v) is 11.3. The molecule has 0 aromatic heterocycles. The molecule has 0 saturated heterocycles. The van der Waals surface area contributed by atoms with Crippen molar-refractivity contribution in [3.05, 3.63) is 58.9 Å². The molecule has 106 valence electrons. The lowest BCUT2D eigenvalue weighted by atomic mass is 10.1. The van der Waals surface area contributed by atoms with Gasteiger partial charge < -0.3 is 10.7 Å². The van der Waals surface area contributed by atoms with Gasteiger partial charge in [-0.3, -0.25) is 10.6 Å². The Bertz CT molecular complexity index is 737. The van der Waals surface area contributed by atoms with Crippen molar-refractivity contribution < 1.29 is 9.18 Å². The second-order valence-corrected chi connectivity index (χ2v) is 4.40. The third kappa shape index (κ3) is 2.99. The Labute approximate surface area is 121 Å². The van der Waals surface area contributed by atoms with Crippen LogP contribution in [0.2, 0.25) is 0 Å². The number of amides is 1. The minimum atomic E-state index is -0.672. The van der Waals surface area contributed by atoms with Crippen LogP contribution in [-0.4, -0.2) is 5.91 Å². The number of hydrazine groups is 1. The lowest BCUT2D eigenvalue weighted by molar-refractivity contribution is 0.102. The number of nitrogens with zero attached hydrogens (tertiary/aromatic N) is 1. The number of carbonyl (C=O) groups is 1. The van der Waals surface area contributed by atoms with Gasteiger partial charge in [-0.05, 0) is 42.8 Å². The summed E-state index contributed by atoms with van der Waals surface area (Å²) in [5.41, 5.74) is 4.23. The zero-order chi connectivity index (χ0) is 15.4. The maximum atomic E-state index is 13.5. The summed E-state index contributed by atoms with van der Waals surface area (Å²) in [7, 11) is 0. The van der Waals surface area contributed by atoms with Gasteiger partial charge in [0.25, 0.3) is 5.91 Å². The molecule has 0 saturated carbocycles. The molecule has 2 aromatic rings. The first kappa shape index (κ1) is 14.5. The van der Waals surface area contributed by atoms with E-state index in [1.54, 1.807) is 31.2 Å². The smallest absolute Gasteiger partial charge is 0.255 e. The van der Waals surface area contributed by atoms with E-state index in [0.29, 0.717) is 16.8 Å². The number of hydrogen-bond acceptors (Lipinski definition) is 4. The number of aryl methyl sites for hydroxylation is 1. The average molecular weight is 284 g/mol. The van der Waals surface area contributed by atoms with Gasteiger partial charge >= 0.3 is 0 Å². The molecule has 1 amide bonds. The first-order valence-electron chi connectivity index (χ1n) is 6.14. The van der Waals surface area contributed by atoms with Crippen LogP contribution in [-0.2, 0) is 0 Å². The van der Waals surface area contributed by atoms with E-state index >= 15 is 0 Å². The van der Waals surface area contributed by atoms with E-state index in [-0.39, 0.29) is 11.3 Å². The van der Waals surface area contributed by atoms with Gasteiger partial charge in [-0.1, -0.05) is 6.07 Å². The van der Waals surface area contributed by atoms with E-state index in [2.05, 4.69) is 10.7 Å². The number of nitrogens with one attached hydrogen (secondary N) is 2. The molecule has 0 fully saturated rings. The van der Waals surface area contributed by atoms with Gasteiger partial charge in [-0.15, -0.1) is 0 Å². The Morgan fingerprint density at radius 3 is 2.71 bits per heavy atom. The number of benzene rings is 2. The summed E-state index contributed by atoms with van der Waals surface area (Å²) in [5, 5.41) is 11.5. The standard InChI is InChI=1S/C15H13FN4O/c1-9-7-10(20-18)5-6-11(9)15(21)19-14-4-2-3-13(16)12(14)8-17/h2-7,20H,18H2,1H3,(H,19,21). The molecule has 2 rings (SSSR count). The molecular formula is C15H13FN4O. The van der Waals surface area contributed by atoms with Crippen LogP contribution in [0, 0.1) is 24.1 Å². The fraction of sp³-hybridized carbons (Fsp3) is 0.0667. The highest BCUT2D eigenvalue weighted by Gasteiger charge is 2.14. The fourth-order valence-corrected chi connectivity index (χ4v) is 1.94. The van der Waals surface area contributed by atoms with Crippen LogP contribution in [0.1, 0.15) is 21.5 Å². The molecule has 0 unspecified atom stereocenters. The number of hydrogen-bond donors (Lipinski definition) is 3. The Balaban J connectivity index is 2.31. The van der Waals surface area contributed by atoms with Gasteiger partial charge in [0.15, 0.2) is 0 Å². The van der Waals surface area contributed by atoms with E-state index < -0.39 is 11.7 Å². The van der Waals surface area contributed by atoms with E-state index in [4.69, 9.17) is 11.1 Å². The highest BCUT2D eigenvalue weighted by Crippen LogP contribution is 2.20. The summed E-state index contributed by atoms with van der Waals surface area (Å²) in [6, 6.07) is 10.8. The first-order chi connectivity index (χ1) is 10.1. The number of nitrogen functional groups attached to an aromatic ring is 1. The second-order valence-electron chi connectivity index (χ2n) is 4.40. The highest BCUT2D eigenvalue weighted by atomic mass is 19.1. The summed E-state index contributed by atoms with van der Waals surface area (Å²) >= 11 is 0. The van der Waals surface area contributed by atoms with Gasteiger partial charge in [0, 0.05) is 11.3 Å². The summed E-state index contributed by atoms with van der Waals surface area (Å²) in [6.45, 7) is 1.76. The minimum absolute atomic E-state index is 0.142. The lowest BCUT2D eigenvalue weighted by Crippen LogP contribution is -2.15. The topological polar surface area (TPSA) is 90.9 Å². The van der Waals surface area contributed by atoms with Crippen molar-refractivity contribution >= 4 is 17.3 Å². The minimum Gasteiger partial charge on any atom is -0.324 e. The summed E-state index contributed by atoms with van der Waals surface area (Å²) in [5.74, 6) is 4.20. The number of carbonyl (C=O) groups excluding carboxylic acids is 1. The Morgan fingerprint density at radius 2 is 2.10 bits per heavy atom. The van der Waals surface area contributed by atoms with Crippen molar-refractivity contribution in [1.29, 1.82) is 5.26 Å². The molecule has 21 heavy (non-hydrogen) atoms. The quantitative estimate of drug-likeness (QED) is 0.596. The number of anilines is 2. The lowest BCUT2D eigenvalue weighted by Gasteiger charge is -2.10. The third-order valence-corrected chi connectivity index (χ3v) is 3.01. The van der Waals surface area contributed by atoms with Crippen LogP contribution in [0.4, 0.5) is 15.8 Å². The number of nitriles is 1. The summed E-state index contributed by atoms with van der Waals surface area (Å²) in [4.78, 5) is 12.2. The van der Waals surface area contributed by atoms with Gasteiger partial charge in [-0.2, -0.15) is 5.26 Å². The summed E-state index contributed by atoms with van der Waals surface area (Å²) < 4.78 is 13.5.